The van der Waals surface area contributed by atoms with E-state index in [1.165, 1.54) is 12.0 Å². The average molecular weight is 465 g/mol. The Kier molecular flexibility index (Phi) is 5.88. The van der Waals surface area contributed by atoms with Gasteiger partial charge in [0.05, 0.1) is 11.2 Å². The Balaban J connectivity index is 1.08. The SMILES string of the molecule is Cc1nc2ccccc2c(N)c1-c1cccc(OCCN2CC3CC2CN3Cc2ccccc2)c1. The summed E-state index contributed by atoms with van der Waals surface area (Å²) in [5.74, 6) is 0.879. The van der Waals surface area contributed by atoms with E-state index in [9.17, 15) is 0 Å². The molecule has 2 unspecified atom stereocenters. The van der Waals surface area contributed by atoms with E-state index in [1.54, 1.807) is 0 Å². The molecule has 5 heteroatoms. The molecular formula is C30H32N4O. The fourth-order valence-electron chi connectivity index (χ4n) is 5.87. The summed E-state index contributed by atoms with van der Waals surface area (Å²) in [6.07, 6.45) is 1.27. The first-order chi connectivity index (χ1) is 17.2. The lowest BCUT2D eigenvalue weighted by Gasteiger charge is -2.34. The molecule has 0 aliphatic carbocycles. The van der Waals surface area contributed by atoms with E-state index in [-0.39, 0.29) is 0 Å². The normalized spacial score (nSPS) is 20.0. The molecule has 2 atom stereocenters. The van der Waals surface area contributed by atoms with Gasteiger partial charge in [-0.2, -0.15) is 0 Å². The monoisotopic (exact) mass is 464 g/mol. The van der Waals surface area contributed by atoms with E-state index >= 15 is 0 Å². The average Bonchev–Trinajstić information content (AvgIpc) is 3.45. The molecule has 4 aromatic rings. The number of piperazine rings is 1. The Morgan fingerprint density at radius 3 is 2.51 bits per heavy atom. The lowest BCUT2D eigenvalue weighted by Crippen LogP contribution is -2.47. The minimum Gasteiger partial charge on any atom is -0.492 e. The maximum Gasteiger partial charge on any atom is 0.119 e. The molecule has 5 nitrogen and oxygen atoms in total. The minimum atomic E-state index is 0.643. The van der Waals surface area contributed by atoms with Gasteiger partial charge in [0.25, 0.3) is 0 Å². The number of para-hydroxylation sites is 1. The predicted octanol–water partition coefficient (Wildman–Crippen LogP) is 5.13. The Hall–Kier alpha value is -3.41. The molecular weight excluding hydrogens is 432 g/mol. The van der Waals surface area contributed by atoms with Gasteiger partial charge in [0.15, 0.2) is 0 Å². The van der Waals surface area contributed by atoms with Crippen molar-refractivity contribution in [2.24, 2.45) is 0 Å². The van der Waals surface area contributed by atoms with Crippen LogP contribution in [0.15, 0.2) is 78.9 Å². The van der Waals surface area contributed by atoms with Gasteiger partial charge < -0.3 is 10.5 Å². The Labute approximate surface area is 207 Å². The zero-order valence-electron chi connectivity index (χ0n) is 20.2. The number of anilines is 1. The third-order valence-corrected chi connectivity index (χ3v) is 7.58. The van der Waals surface area contributed by atoms with Crippen LogP contribution in [0.2, 0.25) is 0 Å². The number of aromatic nitrogens is 1. The number of nitrogens with zero attached hydrogens (tertiary/aromatic N) is 3. The van der Waals surface area contributed by atoms with Crippen molar-refractivity contribution in [3.63, 3.8) is 0 Å². The van der Waals surface area contributed by atoms with E-state index < -0.39 is 0 Å². The first-order valence-electron chi connectivity index (χ1n) is 12.6. The fraction of sp³-hybridized carbons (Fsp3) is 0.300. The van der Waals surface area contributed by atoms with Gasteiger partial charge >= 0.3 is 0 Å². The van der Waals surface area contributed by atoms with Gasteiger partial charge in [-0.1, -0.05) is 60.7 Å². The molecule has 2 bridgehead atoms. The summed E-state index contributed by atoms with van der Waals surface area (Å²) in [6.45, 7) is 7.03. The quantitative estimate of drug-likeness (QED) is 0.411. The highest BCUT2D eigenvalue weighted by Gasteiger charge is 2.42. The van der Waals surface area contributed by atoms with E-state index in [4.69, 9.17) is 15.5 Å². The van der Waals surface area contributed by atoms with E-state index in [2.05, 4.69) is 52.3 Å². The molecule has 6 rings (SSSR count). The maximum atomic E-state index is 6.59. The van der Waals surface area contributed by atoms with Crippen LogP contribution in [0.3, 0.4) is 0 Å². The maximum absolute atomic E-state index is 6.59. The van der Waals surface area contributed by atoms with Crippen molar-refractivity contribution in [2.75, 3.05) is 32.0 Å². The summed E-state index contributed by atoms with van der Waals surface area (Å²) in [6, 6.07) is 28.4. The van der Waals surface area contributed by atoms with Gasteiger partial charge in [-0.25, -0.2) is 0 Å². The van der Waals surface area contributed by atoms with E-state index in [0.717, 1.165) is 65.3 Å². The van der Waals surface area contributed by atoms with Crippen LogP contribution in [-0.2, 0) is 6.54 Å². The lowest BCUT2D eigenvalue weighted by molar-refractivity contribution is 0.109. The Morgan fingerprint density at radius 1 is 0.914 bits per heavy atom. The van der Waals surface area contributed by atoms with Crippen LogP contribution in [0, 0.1) is 6.92 Å². The van der Waals surface area contributed by atoms with Gasteiger partial charge in [0, 0.05) is 54.9 Å². The molecule has 2 N–H and O–H groups in total. The second-order valence-corrected chi connectivity index (χ2v) is 9.83. The Bertz CT molecular complexity index is 1340. The van der Waals surface area contributed by atoms with Crippen molar-refractivity contribution in [1.29, 1.82) is 0 Å². The van der Waals surface area contributed by atoms with Gasteiger partial charge in [-0.15, -0.1) is 0 Å². The van der Waals surface area contributed by atoms with Gasteiger partial charge in [-0.05, 0) is 42.7 Å². The zero-order chi connectivity index (χ0) is 23.8. The molecule has 0 amide bonds. The molecule has 2 aliphatic heterocycles. The van der Waals surface area contributed by atoms with Crippen LogP contribution < -0.4 is 10.5 Å². The molecule has 0 saturated carbocycles. The van der Waals surface area contributed by atoms with Crippen molar-refractivity contribution < 1.29 is 4.74 Å². The highest BCUT2D eigenvalue weighted by atomic mass is 16.5. The number of ether oxygens (including phenoxy) is 1. The lowest BCUT2D eigenvalue weighted by atomic mass is 9.99. The van der Waals surface area contributed by atoms with Crippen LogP contribution in [0.5, 0.6) is 5.75 Å². The summed E-state index contributed by atoms with van der Waals surface area (Å²) >= 11 is 0. The third-order valence-electron chi connectivity index (χ3n) is 7.58. The molecule has 3 aromatic carbocycles. The zero-order valence-corrected chi connectivity index (χ0v) is 20.2. The second-order valence-electron chi connectivity index (χ2n) is 9.83. The summed E-state index contributed by atoms with van der Waals surface area (Å²) in [5, 5.41) is 0.991. The van der Waals surface area contributed by atoms with Gasteiger partial charge in [0.1, 0.15) is 12.4 Å². The summed E-state index contributed by atoms with van der Waals surface area (Å²) in [7, 11) is 0. The first-order valence-corrected chi connectivity index (χ1v) is 12.6. The summed E-state index contributed by atoms with van der Waals surface area (Å²) < 4.78 is 6.21. The summed E-state index contributed by atoms with van der Waals surface area (Å²) in [5.41, 5.74) is 12.7. The third kappa shape index (κ3) is 4.38. The number of nitrogens with two attached hydrogens (primary N) is 1. The molecule has 35 heavy (non-hydrogen) atoms. The summed E-state index contributed by atoms with van der Waals surface area (Å²) in [4.78, 5) is 10.0. The molecule has 0 spiro atoms. The van der Waals surface area contributed by atoms with Crippen LogP contribution in [-0.4, -0.2) is 53.1 Å². The molecule has 2 saturated heterocycles. The van der Waals surface area contributed by atoms with E-state index in [0.29, 0.717) is 18.7 Å². The van der Waals surface area contributed by atoms with Crippen molar-refractivity contribution in [1.82, 2.24) is 14.8 Å². The number of likely N-dealkylation sites (tertiary alicyclic amines) is 2. The number of rotatable bonds is 7. The smallest absolute Gasteiger partial charge is 0.119 e. The standard InChI is InChI=1S/C30H32N4O/c1-21-29(30(31)27-12-5-6-13-28(27)32-21)23-10-7-11-26(16-23)35-15-14-33-19-25-17-24(33)20-34(25)18-22-8-3-2-4-9-22/h2-13,16,24-25H,14-15,17-20H2,1H3,(H2,31,32). The van der Waals surface area contributed by atoms with Crippen molar-refractivity contribution in [3.05, 3.63) is 90.1 Å². The van der Waals surface area contributed by atoms with Crippen molar-refractivity contribution >= 4 is 16.6 Å². The van der Waals surface area contributed by atoms with Gasteiger partial charge in [0.2, 0.25) is 0 Å². The van der Waals surface area contributed by atoms with Crippen LogP contribution >= 0.6 is 0 Å². The molecule has 2 fully saturated rings. The number of nitrogen functional groups attached to an aromatic ring is 1. The number of hydrogen-bond acceptors (Lipinski definition) is 5. The fourth-order valence-corrected chi connectivity index (χ4v) is 5.87. The van der Waals surface area contributed by atoms with Crippen molar-refractivity contribution in [2.45, 2.75) is 32.0 Å². The number of pyridine rings is 1. The van der Waals surface area contributed by atoms with E-state index in [1.807, 2.05) is 43.3 Å². The largest absolute Gasteiger partial charge is 0.492 e. The topological polar surface area (TPSA) is 54.6 Å². The molecule has 3 heterocycles. The Morgan fingerprint density at radius 2 is 1.69 bits per heavy atom. The number of aryl methyl sites for hydroxylation is 1. The van der Waals surface area contributed by atoms with Crippen molar-refractivity contribution in [3.8, 4) is 16.9 Å². The predicted molar refractivity (Wildman–Crippen MR) is 142 cm³/mol. The molecule has 0 radical (unpaired) electrons. The highest BCUT2D eigenvalue weighted by Crippen LogP contribution is 2.35. The molecule has 1 aromatic heterocycles. The van der Waals surface area contributed by atoms with Crippen LogP contribution in [0.4, 0.5) is 5.69 Å². The number of hydrogen-bond donors (Lipinski definition) is 1. The number of benzene rings is 3. The number of fused-ring (bicyclic) bond motifs is 3. The van der Waals surface area contributed by atoms with Gasteiger partial charge in [-0.3, -0.25) is 14.8 Å². The highest BCUT2D eigenvalue weighted by molar-refractivity contribution is 5.99. The first kappa shape index (κ1) is 22.1. The van der Waals surface area contributed by atoms with Crippen LogP contribution in [0.25, 0.3) is 22.0 Å². The molecule has 2 aliphatic rings. The second kappa shape index (κ2) is 9.33. The van der Waals surface area contributed by atoms with Crippen LogP contribution in [0.1, 0.15) is 17.7 Å². The minimum absolute atomic E-state index is 0.643. The molecule has 178 valence electrons.